The zero-order valence-corrected chi connectivity index (χ0v) is 12.2. The SMILES string of the molecule is COc1ccc(Br)c(CNCc2csc(=O)[nH]2)c1. The van der Waals surface area contributed by atoms with Crippen LogP contribution in [-0.2, 0) is 13.1 Å². The Bertz CT molecular complexity index is 579. The van der Waals surface area contributed by atoms with Gasteiger partial charge in [-0.05, 0) is 23.8 Å². The molecule has 96 valence electrons. The Morgan fingerprint density at radius 3 is 2.94 bits per heavy atom. The van der Waals surface area contributed by atoms with Crippen molar-refractivity contribution in [2.45, 2.75) is 13.1 Å². The maximum Gasteiger partial charge on any atom is 0.304 e. The standard InChI is InChI=1S/C12H13BrN2O2S/c1-17-10-2-3-11(13)8(4-10)5-14-6-9-7-18-12(16)15-9/h2-4,7,14H,5-6H2,1H3,(H,15,16). The van der Waals surface area contributed by atoms with Gasteiger partial charge in [-0.15, -0.1) is 0 Å². The molecule has 4 nitrogen and oxygen atoms in total. The lowest BCUT2D eigenvalue weighted by atomic mass is 10.2. The van der Waals surface area contributed by atoms with Gasteiger partial charge in [0.2, 0.25) is 0 Å². The van der Waals surface area contributed by atoms with Crippen LogP contribution in [0.2, 0.25) is 0 Å². The molecule has 2 rings (SSSR count). The molecule has 0 saturated heterocycles. The maximum absolute atomic E-state index is 11.0. The van der Waals surface area contributed by atoms with Crippen molar-refractivity contribution in [3.8, 4) is 5.75 Å². The topological polar surface area (TPSA) is 54.1 Å². The van der Waals surface area contributed by atoms with Gasteiger partial charge in [-0.3, -0.25) is 4.79 Å². The number of rotatable bonds is 5. The quantitative estimate of drug-likeness (QED) is 0.886. The smallest absolute Gasteiger partial charge is 0.304 e. The molecule has 2 N–H and O–H groups in total. The Kier molecular flexibility index (Phi) is 4.57. The molecule has 1 heterocycles. The Morgan fingerprint density at radius 2 is 2.28 bits per heavy atom. The summed E-state index contributed by atoms with van der Waals surface area (Å²) in [6.45, 7) is 1.35. The van der Waals surface area contributed by atoms with E-state index in [-0.39, 0.29) is 4.87 Å². The molecule has 0 saturated carbocycles. The summed E-state index contributed by atoms with van der Waals surface area (Å²) < 4.78 is 6.22. The summed E-state index contributed by atoms with van der Waals surface area (Å²) in [6.07, 6.45) is 0. The molecule has 0 bridgehead atoms. The molecular weight excluding hydrogens is 316 g/mol. The Hall–Kier alpha value is -1.11. The number of hydrogen-bond acceptors (Lipinski definition) is 4. The first-order valence-electron chi connectivity index (χ1n) is 5.39. The van der Waals surface area contributed by atoms with Crippen LogP contribution in [0.1, 0.15) is 11.3 Å². The normalized spacial score (nSPS) is 10.6. The van der Waals surface area contributed by atoms with Gasteiger partial charge in [-0.25, -0.2) is 0 Å². The van der Waals surface area contributed by atoms with E-state index in [1.54, 1.807) is 7.11 Å². The van der Waals surface area contributed by atoms with Gasteiger partial charge in [0, 0.05) is 28.6 Å². The number of aromatic amines is 1. The second kappa shape index (κ2) is 6.17. The number of H-pyrrole nitrogens is 1. The first-order valence-corrected chi connectivity index (χ1v) is 7.06. The summed E-state index contributed by atoms with van der Waals surface area (Å²) in [5.74, 6) is 0.832. The number of benzene rings is 1. The van der Waals surface area contributed by atoms with Crippen molar-refractivity contribution < 1.29 is 4.74 Å². The van der Waals surface area contributed by atoms with Crippen molar-refractivity contribution in [1.29, 1.82) is 0 Å². The molecule has 18 heavy (non-hydrogen) atoms. The van der Waals surface area contributed by atoms with Crippen LogP contribution in [0.3, 0.4) is 0 Å². The van der Waals surface area contributed by atoms with Crippen LogP contribution in [0, 0.1) is 0 Å². The summed E-state index contributed by atoms with van der Waals surface area (Å²) in [5.41, 5.74) is 2.02. The molecule has 0 aliphatic rings. The van der Waals surface area contributed by atoms with Crippen LogP contribution < -0.4 is 14.9 Å². The monoisotopic (exact) mass is 328 g/mol. The fourth-order valence-corrected chi connectivity index (χ4v) is 2.51. The van der Waals surface area contributed by atoms with Crippen LogP contribution in [0.15, 0.2) is 32.8 Å². The van der Waals surface area contributed by atoms with E-state index in [0.717, 1.165) is 21.5 Å². The Morgan fingerprint density at radius 1 is 1.44 bits per heavy atom. The molecule has 2 aromatic rings. The lowest BCUT2D eigenvalue weighted by Crippen LogP contribution is -2.14. The number of ether oxygens (including phenoxy) is 1. The number of halogens is 1. The predicted octanol–water partition coefficient (Wildman–Crippen LogP) is 2.50. The van der Waals surface area contributed by atoms with Crippen molar-refractivity contribution in [2.24, 2.45) is 0 Å². The van der Waals surface area contributed by atoms with E-state index in [1.165, 1.54) is 11.3 Å². The number of aromatic nitrogens is 1. The molecule has 0 radical (unpaired) electrons. The zero-order chi connectivity index (χ0) is 13.0. The highest BCUT2D eigenvalue weighted by Gasteiger charge is 2.02. The minimum absolute atomic E-state index is 0.0191. The van der Waals surface area contributed by atoms with E-state index < -0.39 is 0 Å². The van der Waals surface area contributed by atoms with Gasteiger partial charge in [0.15, 0.2) is 0 Å². The minimum Gasteiger partial charge on any atom is -0.497 e. The second-order valence-corrected chi connectivity index (χ2v) is 5.43. The van der Waals surface area contributed by atoms with Gasteiger partial charge in [-0.2, -0.15) is 0 Å². The van der Waals surface area contributed by atoms with E-state index in [9.17, 15) is 4.79 Å². The van der Waals surface area contributed by atoms with E-state index in [2.05, 4.69) is 26.2 Å². The van der Waals surface area contributed by atoms with E-state index >= 15 is 0 Å². The highest BCUT2D eigenvalue weighted by atomic mass is 79.9. The molecule has 0 spiro atoms. The Labute approximate surface area is 117 Å². The molecule has 0 aliphatic heterocycles. The zero-order valence-electron chi connectivity index (χ0n) is 9.83. The van der Waals surface area contributed by atoms with Gasteiger partial charge in [0.05, 0.1) is 7.11 Å². The summed E-state index contributed by atoms with van der Waals surface area (Å²) in [7, 11) is 1.65. The summed E-state index contributed by atoms with van der Waals surface area (Å²) in [6, 6.07) is 5.85. The third-order valence-electron chi connectivity index (χ3n) is 2.45. The first-order chi connectivity index (χ1) is 8.69. The third-order valence-corrected chi connectivity index (χ3v) is 3.95. The average Bonchev–Trinajstić information content (AvgIpc) is 2.77. The molecule has 0 atom stereocenters. The average molecular weight is 329 g/mol. The maximum atomic E-state index is 11.0. The Balaban J connectivity index is 1.95. The molecule has 0 amide bonds. The molecule has 1 aromatic carbocycles. The van der Waals surface area contributed by atoms with Crippen LogP contribution in [0.5, 0.6) is 5.75 Å². The third kappa shape index (κ3) is 3.44. The number of thiazole rings is 1. The fourth-order valence-electron chi connectivity index (χ4n) is 1.55. The van der Waals surface area contributed by atoms with Gasteiger partial charge in [0.1, 0.15) is 5.75 Å². The lowest BCUT2D eigenvalue weighted by molar-refractivity contribution is 0.414. The van der Waals surface area contributed by atoms with Gasteiger partial charge in [0.25, 0.3) is 0 Å². The van der Waals surface area contributed by atoms with Crippen molar-refractivity contribution in [2.75, 3.05) is 7.11 Å². The largest absolute Gasteiger partial charge is 0.497 e. The van der Waals surface area contributed by atoms with Gasteiger partial charge < -0.3 is 15.0 Å². The number of methoxy groups -OCH3 is 1. The van der Waals surface area contributed by atoms with Crippen LogP contribution in [0.4, 0.5) is 0 Å². The van der Waals surface area contributed by atoms with Crippen molar-refractivity contribution in [3.05, 3.63) is 49.0 Å². The van der Waals surface area contributed by atoms with Crippen molar-refractivity contribution in [1.82, 2.24) is 10.3 Å². The molecule has 0 fully saturated rings. The van der Waals surface area contributed by atoms with Crippen LogP contribution in [0.25, 0.3) is 0 Å². The van der Waals surface area contributed by atoms with Gasteiger partial charge >= 0.3 is 4.87 Å². The second-order valence-electron chi connectivity index (χ2n) is 3.73. The molecule has 6 heteroatoms. The number of hydrogen-bond donors (Lipinski definition) is 2. The van der Waals surface area contributed by atoms with Crippen LogP contribution in [-0.4, -0.2) is 12.1 Å². The molecular formula is C12H13BrN2O2S. The minimum atomic E-state index is -0.0191. The first kappa shape index (κ1) is 13.3. The lowest BCUT2D eigenvalue weighted by Gasteiger charge is -2.08. The molecule has 1 aromatic heterocycles. The predicted molar refractivity (Wildman–Crippen MR) is 76.2 cm³/mol. The highest BCUT2D eigenvalue weighted by Crippen LogP contribution is 2.22. The molecule has 0 aliphatic carbocycles. The summed E-state index contributed by atoms with van der Waals surface area (Å²) >= 11 is 4.68. The summed E-state index contributed by atoms with van der Waals surface area (Å²) in [5, 5.41) is 5.10. The van der Waals surface area contributed by atoms with E-state index in [0.29, 0.717) is 13.1 Å². The van der Waals surface area contributed by atoms with Gasteiger partial charge in [-0.1, -0.05) is 27.3 Å². The fraction of sp³-hybridized carbons (Fsp3) is 0.250. The van der Waals surface area contributed by atoms with E-state index in [4.69, 9.17) is 4.74 Å². The highest BCUT2D eigenvalue weighted by molar-refractivity contribution is 9.10. The van der Waals surface area contributed by atoms with Crippen LogP contribution >= 0.6 is 27.3 Å². The summed E-state index contributed by atoms with van der Waals surface area (Å²) in [4.78, 5) is 13.7. The van der Waals surface area contributed by atoms with E-state index in [1.807, 2.05) is 23.6 Å². The molecule has 0 unspecified atom stereocenters. The van der Waals surface area contributed by atoms with Crippen molar-refractivity contribution >= 4 is 27.3 Å². The number of nitrogens with one attached hydrogen (secondary N) is 2. The van der Waals surface area contributed by atoms with Crippen molar-refractivity contribution in [3.63, 3.8) is 0 Å².